The van der Waals surface area contributed by atoms with Gasteiger partial charge in [-0.05, 0) is 43.4 Å². The third kappa shape index (κ3) is 4.29. The van der Waals surface area contributed by atoms with Gasteiger partial charge in [0.2, 0.25) is 5.91 Å². The van der Waals surface area contributed by atoms with Crippen molar-refractivity contribution in [2.75, 3.05) is 0 Å². The highest BCUT2D eigenvalue weighted by Gasteiger charge is 2.33. The van der Waals surface area contributed by atoms with Gasteiger partial charge in [-0.25, -0.2) is 0 Å². The number of thiophene rings is 1. The van der Waals surface area contributed by atoms with Crippen molar-refractivity contribution >= 4 is 23.0 Å². The van der Waals surface area contributed by atoms with Gasteiger partial charge >= 0.3 is 0 Å². The summed E-state index contributed by atoms with van der Waals surface area (Å²) in [5.41, 5.74) is 1.16. The number of aryl methyl sites for hydroxylation is 1. The standard InChI is InChI=1S/C19H21NO2S/c1-13-7-11-17(23-13)16(21)10-12-18(22)20-19(15-8-9-15)14-5-3-2-4-6-14/h2-7,11,15,19H,8-10,12H2,1H3,(H,20,22). The van der Waals surface area contributed by atoms with Crippen LogP contribution >= 0.6 is 11.3 Å². The molecule has 23 heavy (non-hydrogen) atoms. The molecule has 0 radical (unpaired) electrons. The molecule has 0 bridgehead atoms. The van der Waals surface area contributed by atoms with Crippen molar-refractivity contribution in [3.63, 3.8) is 0 Å². The van der Waals surface area contributed by atoms with E-state index in [9.17, 15) is 9.59 Å². The van der Waals surface area contributed by atoms with E-state index in [1.54, 1.807) is 0 Å². The number of hydrogen-bond donors (Lipinski definition) is 1. The van der Waals surface area contributed by atoms with Crippen LogP contribution in [0.15, 0.2) is 42.5 Å². The van der Waals surface area contributed by atoms with Crippen LogP contribution in [-0.2, 0) is 4.79 Å². The number of nitrogens with one attached hydrogen (secondary N) is 1. The minimum atomic E-state index is -0.0348. The van der Waals surface area contributed by atoms with Crippen LogP contribution in [0.4, 0.5) is 0 Å². The summed E-state index contributed by atoms with van der Waals surface area (Å²) in [6.07, 6.45) is 2.85. The molecule has 2 aromatic rings. The highest BCUT2D eigenvalue weighted by molar-refractivity contribution is 7.14. The quantitative estimate of drug-likeness (QED) is 0.771. The van der Waals surface area contributed by atoms with Crippen molar-refractivity contribution in [1.82, 2.24) is 5.32 Å². The third-order valence-electron chi connectivity index (χ3n) is 4.16. The molecule has 1 saturated carbocycles. The number of amides is 1. The molecule has 4 heteroatoms. The van der Waals surface area contributed by atoms with Crippen molar-refractivity contribution in [3.05, 3.63) is 57.8 Å². The van der Waals surface area contributed by atoms with Crippen molar-refractivity contribution in [1.29, 1.82) is 0 Å². The summed E-state index contributed by atoms with van der Waals surface area (Å²) in [6.45, 7) is 1.98. The Morgan fingerprint density at radius 3 is 2.48 bits per heavy atom. The molecule has 1 fully saturated rings. The monoisotopic (exact) mass is 327 g/mol. The van der Waals surface area contributed by atoms with Crippen LogP contribution in [0.3, 0.4) is 0 Å². The molecule has 0 saturated heterocycles. The van der Waals surface area contributed by atoms with Gasteiger partial charge in [-0.3, -0.25) is 9.59 Å². The molecule has 3 nitrogen and oxygen atoms in total. The molecule has 1 aromatic carbocycles. The predicted molar refractivity (Wildman–Crippen MR) is 92.7 cm³/mol. The first-order valence-electron chi connectivity index (χ1n) is 8.07. The lowest BCUT2D eigenvalue weighted by Gasteiger charge is -2.18. The molecular formula is C19H21NO2S. The van der Waals surface area contributed by atoms with Gasteiger partial charge in [0.25, 0.3) is 0 Å². The van der Waals surface area contributed by atoms with E-state index in [1.165, 1.54) is 11.3 Å². The highest BCUT2D eigenvalue weighted by atomic mass is 32.1. The van der Waals surface area contributed by atoms with Gasteiger partial charge in [0.05, 0.1) is 10.9 Å². The lowest BCUT2D eigenvalue weighted by atomic mass is 10.0. The second kappa shape index (κ2) is 7.09. The minimum Gasteiger partial charge on any atom is -0.349 e. The lowest BCUT2D eigenvalue weighted by Crippen LogP contribution is -2.30. The second-order valence-corrected chi connectivity index (χ2v) is 7.41. The summed E-state index contributed by atoms with van der Waals surface area (Å²) in [6, 6.07) is 14.0. The predicted octanol–water partition coefficient (Wildman–Crippen LogP) is 4.29. The average Bonchev–Trinajstić information content (AvgIpc) is 3.31. The second-order valence-electron chi connectivity index (χ2n) is 6.13. The van der Waals surface area contributed by atoms with Crippen LogP contribution < -0.4 is 5.32 Å². The van der Waals surface area contributed by atoms with Crippen LogP contribution in [0.5, 0.6) is 0 Å². The summed E-state index contributed by atoms with van der Waals surface area (Å²) in [7, 11) is 0. The molecule has 1 aromatic heterocycles. The third-order valence-corrected chi connectivity index (χ3v) is 5.20. The van der Waals surface area contributed by atoms with Crippen LogP contribution in [0.25, 0.3) is 0 Å². The maximum atomic E-state index is 12.2. The fourth-order valence-corrected chi connectivity index (χ4v) is 3.58. The number of benzene rings is 1. The maximum absolute atomic E-state index is 12.2. The first-order valence-corrected chi connectivity index (χ1v) is 8.89. The summed E-state index contributed by atoms with van der Waals surface area (Å²) in [5, 5.41) is 3.12. The van der Waals surface area contributed by atoms with Crippen LogP contribution in [0, 0.1) is 12.8 Å². The normalized spacial score (nSPS) is 15.2. The zero-order valence-electron chi connectivity index (χ0n) is 13.2. The van der Waals surface area contributed by atoms with E-state index >= 15 is 0 Å². The zero-order chi connectivity index (χ0) is 16.2. The van der Waals surface area contributed by atoms with Crippen molar-refractivity contribution in [2.45, 2.75) is 38.6 Å². The van der Waals surface area contributed by atoms with E-state index in [2.05, 4.69) is 17.4 Å². The number of Topliss-reactive ketones (excluding diaryl/α,β-unsaturated/α-hetero) is 1. The molecule has 0 spiro atoms. The summed E-state index contributed by atoms with van der Waals surface area (Å²) in [4.78, 5) is 26.2. The number of carbonyl (C=O) groups excluding carboxylic acids is 2. The highest BCUT2D eigenvalue weighted by Crippen LogP contribution is 2.40. The molecule has 0 aliphatic heterocycles. The van der Waals surface area contributed by atoms with Gasteiger partial charge < -0.3 is 5.32 Å². The van der Waals surface area contributed by atoms with Gasteiger partial charge in [-0.2, -0.15) is 0 Å². The molecule has 1 amide bonds. The molecular weight excluding hydrogens is 306 g/mol. The Hall–Kier alpha value is -1.94. The van der Waals surface area contributed by atoms with Crippen LogP contribution in [0.2, 0.25) is 0 Å². The average molecular weight is 327 g/mol. The minimum absolute atomic E-state index is 0.0348. The zero-order valence-corrected chi connectivity index (χ0v) is 14.1. The summed E-state index contributed by atoms with van der Waals surface area (Å²) >= 11 is 1.49. The Kier molecular flexibility index (Phi) is 4.91. The van der Waals surface area contributed by atoms with Crippen molar-refractivity contribution < 1.29 is 9.59 Å². The van der Waals surface area contributed by atoms with Gasteiger partial charge in [0.15, 0.2) is 5.78 Å². The first-order chi connectivity index (χ1) is 11.1. The molecule has 3 rings (SSSR count). The van der Waals surface area contributed by atoms with E-state index in [-0.39, 0.29) is 30.6 Å². The van der Waals surface area contributed by atoms with E-state index < -0.39 is 0 Å². The summed E-state index contributed by atoms with van der Waals surface area (Å²) < 4.78 is 0. The Bertz CT molecular complexity index is 688. The number of carbonyl (C=O) groups is 2. The van der Waals surface area contributed by atoms with Gasteiger partial charge in [0.1, 0.15) is 0 Å². The van der Waals surface area contributed by atoms with E-state index in [0.717, 1.165) is 28.2 Å². The molecule has 1 unspecified atom stereocenters. The molecule has 1 N–H and O–H groups in total. The molecule has 1 aliphatic rings. The first kappa shape index (κ1) is 15.9. The Labute approximate surface area is 140 Å². The van der Waals surface area contributed by atoms with Gasteiger partial charge in [-0.1, -0.05) is 30.3 Å². The number of rotatable bonds is 7. The SMILES string of the molecule is Cc1ccc(C(=O)CCC(=O)NC(c2ccccc2)C2CC2)s1. The lowest BCUT2D eigenvalue weighted by molar-refractivity contribution is -0.122. The van der Waals surface area contributed by atoms with E-state index in [0.29, 0.717) is 5.92 Å². The molecule has 1 atom stereocenters. The largest absolute Gasteiger partial charge is 0.349 e. The van der Waals surface area contributed by atoms with Gasteiger partial charge in [-0.15, -0.1) is 11.3 Å². The Morgan fingerprint density at radius 1 is 1.13 bits per heavy atom. The van der Waals surface area contributed by atoms with Crippen molar-refractivity contribution in [3.8, 4) is 0 Å². The number of hydrogen-bond acceptors (Lipinski definition) is 3. The Balaban J connectivity index is 1.54. The molecule has 1 aliphatic carbocycles. The molecule has 1 heterocycles. The fourth-order valence-electron chi connectivity index (χ4n) is 2.74. The maximum Gasteiger partial charge on any atom is 0.220 e. The van der Waals surface area contributed by atoms with Crippen LogP contribution in [0.1, 0.15) is 51.8 Å². The smallest absolute Gasteiger partial charge is 0.220 e. The van der Waals surface area contributed by atoms with Crippen molar-refractivity contribution in [2.24, 2.45) is 5.92 Å². The van der Waals surface area contributed by atoms with Gasteiger partial charge in [0, 0.05) is 17.7 Å². The topological polar surface area (TPSA) is 46.2 Å². The number of ketones is 1. The van der Waals surface area contributed by atoms with E-state index in [4.69, 9.17) is 0 Å². The molecule has 120 valence electrons. The van der Waals surface area contributed by atoms with E-state index in [1.807, 2.05) is 37.3 Å². The fraction of sp³-hybridized carbons (Fsp3) is 0.368. The Morgan fingerprint density at radius 2 is 1.87 bits per heavy atom. The van der Waals surface area contributed by atoms with Crippen LogP contribution in [-0.4, -0.2) is 11.7 Å². The summed E-state index contributed by atoms with van der Waals surface area (Å²) in [5.74, 6) is 0.560.